The van der Waals surface area contributed by atoms with E-state index in [1.165, 1.54) is 0 Å². The van der Waals surface area contributed by atoms with Gasteiger partial charge in [-0.15, -0.1) is 10.5 Å². The molecule has 2 aliphatic heterocycles. The minimum absolute atomic E-state index is 0.321. The number of aromatic nitrogens is 1. The second-order valence-corrected chi connectivity index (χ2v) is 10.5. The summed E-state index contributed by atoms with van der Waals surface area (Å²) >= 11 is 6.49. The lowest BCUT2D eigenvalue weighted by Gasteiger charge is -2.29. The molecule has 3 N–H and O–H groups in total. The van der Waals surface area contributed by atoms with Crippen LogP contribution in [0.3, 0.4) is 0 Å². The van der Waals surface area contributed by atoms with Crippen molar-refractivity contribution >= 4 is 39.1 Å². The first kappa shape index (κ1) is 24.3. The second-order valence-electron chi connectivity index (χ2n) is 8.12. The van der Waals surface area contributed by atoms with Crippen molar-refractivity contribution in [1.82, 2.24) is 9.88 Å². The SMILES string of the molecule is OC[C@H](O)S1=C2C(=C(Nc3ccc(OCc4ccccn4)c(Cl)c3)N=CN2Cc2ccccc2)C=C1. The van der Waals surface area contributed by atoms with Crippen LogP contribution in [0.5, 0.6) is 5.75 Å². The number of aliphatic hydroxyl groups is 2. The van der Waals surface area contributed by atoms with Crippen molar-refractivity contribution in [3.63, 3.8) is 0 Å². The number of nitrogens with one attached hydrogen (secondary N) is 1. The van der Waals surface area contributed by atoms with E-state index >= 15 is 0 Å². The molecule has 0 saturated carbocycles. The van der Waals surface area contributed by atoms with E-state index in [0.717, 1.165) is 27.5 Å². The first-order valence-corrected chi connectivity index (χ1v) is 13.1. The normalized spacial score (nSPS) is 17.4. The molecule has 0 aliphatic carbocycles. The number of ether oxygens (including phenoxy) is 1. The summed E-state index contributed by atoms with van der Waals surface area (Å²) in [5.41, 5.74) is 2.68. The predicted molar refractivity (Wildman–Crippen MR) is 146 cm³/mol. The van der Waals surface area contributed by atoms with E-state index in [-0.39, 0.29) is 6.61 Å². The molecule has 0 amide bonds. The number of nitrogens with zero attached hydrogens (tertiary/aromatic N) is 3. The van der Waals surface area contributed by atoms with Gasteiger partial charge >= 0.3 is 0 Å². The third-order valence-electron chi connectivity index (χ3n) is 5.62. The zero-order valence-electron chi connectivity index (χ0n) is 19.3. The van der Waals surface area contributed by atoms with Gasteiger partial charge in [-0.1, -0.05) is 48.0 Å². The fraction of sp³-hybridized carbons (Fsp3) is 0.148. The molecule has 0 bridgehead atoms. The van der Waals surface area contributed by atoms with E-state index in [0.29, 0.717) is 29.7 Å². The molecular formula is C27H25ClN4O3S. The van der Waals surface area contributed by atoms with Crippen LogP contribution in [0, 0.1) is 0 Å². The summed E-state index contributed by atoms with van der Waals surface area (Å²) in [7, 11) is -0.674. The largest absolute Gasteiger partial charge is 0.486 e. The summed E-state index contributed by atoms with van der Waals surface area (Å²) in [6.07, 6.45) is 5.43. The summed E-state index contributed by atoms with van der Waals surface area (Å²) in [4.78, 5) is 11.9. The van der Waals surface area contributed by atoms with Crippen LogP contribution in [0.2, 0.25) is 5.02 Å². The van der Waals surface area contributed by atoms with Crippen molar-refractivity contribution in [1.29, 1.82) is 0 Å². The quantitative estimate of drug-likeness (QED) is 0.354. The molecule has 1 aromatic heterocycles. The van der Waals surface area contributed by atoms with Crippen LogP contribution in [0.25, 0.3) is 0 Å². The average molecular weight is 521 g/mol. The van der Waals surface area contributed by atoms with E-state index in [1.54, 1.807) is 18.6 Å². The first-order valence-electron chi connectivity index (χ1n) is 11.4. The third-order valence-corrected chi connectivity index (χ3v) is 7.98. The maximum absolute atomic E-state index is 10.5. The second kappa shape index (κ2) is 11.1. The third kappa shape index (κ3) is 5.37. The predicted octanol–water partition coefficient (Wildman–Crippen LogP) is 4.72. The van der Waals surface area contributed by atoms with Gasteiger partial charge in [0.15, 0.2) is 0 Å². The highest BCUT2D eigenvalue weighted by atomic mass is 35.5. The number of anilines is 1. The highest BCUT2D eigenvalue weighted by Gasteiger charge is 2.29. The Hall–Kier alpha value is -3.43. The van der Waals surface area contributed by atoms with E-state index in [1.807, 2.05) is 77.0 Å². The smallest absolute Gasteiger partial charge is 0.142 e. The molecule has 184 valence electrons. The molecule has 0 fully saturated rings. The topological polar surface area (TPSA) is 90.2 Å². The molecule has 7 nitrogen and oxygen atoms in total. The van der Waals surface area contributed by atoms with Crippen molar-refractivity contribution in [2.45, 2.75) is 18.6 Å². The molecule has 0 radical (unpaired) electrons. The summed E-state index contributed by atoms with van der Waals surface area (Å²) in [5, 5.41) is 25.9. The molecule has 9 heteroatoms. The summed E-state index contributed by atoms with van der Waals surface area (Å²) in [5.74, 6) is 1.20. The molecule has 2 aromatic carbocycles. The van der Waals surface area contributed by atoms with Crippen LogP contribution in [-0.2, 0) is 13.2 Å². The Bertz CT molecular complexity index is 1360. The molecule has 0 spiro atoms. The fourth-order valence-corrected chi connectivity index (χ4v) is 5.93. The Labute approximate surface area is 217 Å². The molecule has 5 rings (SSSR count). The molecule has 36 heavy (non-hydrogen) atoms. The molecule has 2 aliphatic rings. The average Bonchev–Trinajstić information content (AvgIpc) is 3.36. The number of hydrogen-bond acceptors (Lipinski definition) is 7. The van der Waals surface area contributed by atoms with Crippen molar-refractivity contribution in [3.8, 4) is 5.75 Å². The maximum Gasteiger partial charge on any atom is 0.142 e. The molecular weight excluding hydrogens is 496 g/mol. The van der Waals surface area contributed by atoms with Gasteiger partial charge in [-0.05, 0) is 47.4 Å². The number of benzene rings is 2. The number of halogens is 1. The van der Waals surface area contributed by atoms with Gasteiger partial charge in [-0.25, -0.2) is 4.99 Å². The number of aliphatic hydroxyl groups excluding tert-OH is 2. The van der Waals surface area contributed by atoms with E-state index in [9.17, 15) is 10.2 Å². The zero-order valence-corrected chi connectivity index (χ0v) is 20.9. The van der Waals surface area contributed by atoms with Crippen molar-refractivity contribution in [3.05, 3.63) is 112 Å². The fourth-order valence-electron chi connectivity index (χ4n) is 3.88. The van der Waals surface area contributed by atoms with E-state index < -0.39 is 15.9 Å². The Morgan fingerprint density at radius 3 is 2.67 bits per heavy atom. The van der Waals surface area contributed by atoms with Gasteiger partial charge < -0.3 is 25.2 Å². The van der Waals surface area contributed by atoms with E-state index in [4.69, 9.17) is 16.3 Å². The standard InChI is InChI=1S/C27H25ClN4O3S/c28-23-14-20(9-10-24(23)35-17-21-8-4-5-12-29-21)31-26-22-11-13-36(25(34)16-33)27(22)32(18-30-26)15-19-6-2-1-3-7-19/h1-14,18,25,31,33-34H,15-17H2/t25-,36?/m1/s1. The number of pyridine rings is 1. The highest BCUT2D eigenvalue weighted by Crippen LogP contribution is 2.38. The number of aliphatic imine (C=N–C) groups is 1. The van der Waals surface area contributed by atoms with Gasteiger partial charge in [0, 0.05) is 24.0 Å². The Kier molecular flexibility index (Phi) is 7.48. The van der Waals surface area contributed by atoms with Gasteiger partial charge in [0.05, 0.1) is 28.7 Å². The molecule has 1 unspecified atom stereocenters. The van der Waals surface area contributed by atoms with Gasteiger partial charge in [0.25, 0.3) is 0 Å². The van der Waals surface area contributed by atoms with Crippen LogP contribution < -0.4 is 10.1 Å². The molecule has 3 heterocycles. The number of fused-ring (bicyclic) bond motifs is 1. The summed E-state index contributed by atoms with van der Waals surface area (Å²) < 4.78 is 5.82. The van der Waals surface area contributed by atoms with Gasteiger partial charge in [0.1, 0.15) is 23.6 Å². The number of rotatable bonds is 9. The minimum atomic E-state index is -0.884. The van der Waals surface area contributed by atoms with Gasteiger partial charge in [-0.3, -0.25) is 4.98 Å². The Balaban J connectivity index is 1.37. The minimum Gasteiger partial charge on any atom is -0.486 e. The molecule has 2 atom stereocenters. The van der Waals surface area contributed by atoms with Crippen LogP contribution >= 0.6 is 22.1 Å². The highest BCUT2D eigenvalue weighted by molar-refractivity contribution is 8.19. The molecule has 3 aromatic rings. The van der Waals surface area contributed by atoms with Crippen LogP contribution in [0.4, 0.5) is 5.69 Å². The van der Waals surface area contributed by atoms with Crippen LogP contribution in [0.1, 0.15) is 11.3 Å². The lowest BCUT2D eigenvalue weighted by Crippen LogP contribution is -2.34. The number of hydrogen-bond donors (Lipinski definition) is 3. The van der Waals surface area contributed by atoms with Gasteiger partial charge in [0.2, 0.25) is 0 Å². The lowest BCUT2D eigenvalue weighted by molar-refractivity contribution is 0.160. The van der Waals surface area contributed by atoms with Crippen molar-refractivity contribution in [2.75, 3.05) is 11.9 Å². The Morgan fingerprint density at radius 2 is 1.92 bits per heavy atom. The summed E-state index contributed by atoms with van der Waals surface area (Å²) in [6.45, 7) is 0.607. The lowest BCUT2D eigenvalue weighted by atomic mass is 10.1. The summed E-state index contributed by atoms with van der Waals surface area (Å²) in [6, 6.07) is 21.2. The first-order chi connectivity index (χ1) is 17.6. The van der Waals surface area contributed by atoms with E-state index in [2.05, 4.69) is 15.3 Å². The zero-order chi connectivity index (χ0) is 24.9. The maximum atomic E-state index is 10.5. The van der Waals surface area contributed by atoms with Crippen molar-refractivity contribution < 1.29 is 14.9 Å². The van der Waals surface area contributed by atoms with Crippen molar-refractivity contribution in [2.24, 2.45) is 4.99 Å². The Morgan fingerprint density at radius 1 is 1.08 bits per heavy atom. The van der Waals surface area contributed by atoms with Gasteiger partial charge in [-0.2, -0.15) is 0 Å². The monoisotopic (exact) mass is 520 g/mol. The molecule has 0 saturated heterocycles. The van der Waals surface area contributed by atoms with Crippen LogP contribution in [-0.4, -0.2) is 43.5 Å². The van der Waals surface area contributed by atoms with Crippen LogP contribution in [0.15, 0.2) is 101 Å².